The van der Waals surface area contributed by atoms with Gasteiger partial charge in [0.1, 0.15) is 0 Å². The summed E-state index contributed by atoms with van der Waals surface area (Å²) in [5.41, 5.74) is 0. The van der Waals surface area contributed by atoms with E-state index in [1.54, 1.807) is 17.2 Å². The van der Waals surface area contributed by atoms with Crippen molar-refractivity contribution in [3.63, 3.8) is 0 Å². The zero-order valence-corrected chi connectivity index (χ0v) is 6.86. The second-order valence-electron chi connectivity index (χ2n) is 1.87. The minimum absolute atomic E-state index is 0.871. The maximum atomic E-state index is 9.93. The maximum absolute atomic E-state index is 9.93. The topological polar surface area (TPSA) is 37.3 Å². The van der Waals surface area contributed by atoms with Crippen LogP contribution in [0.5, 0.6) is 0 Å². The van der Waals surface area contributed by atoms with Crippen molar-refractivity contribution in [2.45, 2.75) is 19.8 Å². The lowest BCUT2D eigenvalue weighted by Gasteiger charge is -1.89. The van der Waals surface area contributed by atoms with Gasteiger partial charge in [0.15, 0.2) is 0 Å². The summed E-state index contributed by atoms with van der Waals surface area (Å²) >= 11 is 1.54. The average Bonchev–Trinajstić information content (AvgIpc) is 1.87. The lowest BCUT2D eigenvalue weighted by Crippen LogP contribution is -1.84. The molecule has 2 nitrogen and oxygen atoms in total. The van der Waals surface area contributed by atoms with Crippen molar-refractivity contribution in [1.82, 2.24) is 0 Å². The van der Waals surface area contributed by atoms with E-state index in [0.29, 0.717) is 0 Å². The Balaban J connectivity index is 3.10. The molecule has 10 heavy (non-hydrogen) atoms. The molecule has 0 saturated carbocycles. The molecule has 0 bridgehead atoms. The lowest BCUT2D eigenvalue weighted by atomic mass is 10.4. The molecule has 0 fully saturated rings. The van der Waals surface area contributed by atoms with Crippen LogP contribution >= 0.6 is 11.8 Å². The molecule has 3 heteroatoms. The standard InChI is InChI=1S/C7H12O2S/c1-2-3-5-10-6-4-7(8)9/h4,6H,2-3,5H2,1H3,(H,8,9)/b6-4+. The van der Waals surface area contributed by atoms with Gasteiger partial charge in [0.05, 0.1) is 0 Å². The number of hydrogen-bond donors (Lipinski definition) is 1. The summed E-state index contributed by atoms with van der Waals surface area (Å²) in [7, 11) is 0. The molecule has 0 atom stereocenters. The Morgan fingerprint density at radius 2 is 2.40 bits per heavy atom. The van der Waals surface area contributed by atoms with E-state index >= 15 is 0 Å². The van der Waals surface area contributed by atoms with Crippen molar-refractivity contribution < 1.29 is 9.90 Å². The Morgan fingerprint density at radius 3 is 2.90 bits per heavy atom. The summed E-state index contributed by atoms with van der Waals surface area (Å²) in [6.45, 7) is 2.11. The highest BCUT2D eigenvalue weighted by Crippen LogP contribution is 2.04. The van der Waals surface area contributed by atoms with Crippen LogP contribution in [-0.4, -0.2) is 16.8 Å². The summed E-state index contributed by atoms with van der Waals surface area (Å²) in [5.74, 6) is 0.143. The van der Waals surface area contributed by atoms with Gasteiger partial charge < -0.3 is 5.11 Å². The van der Waals surface area contributed by atoms with Gasteiger partial charge in [0.25, 0.3) is 0 Å². The van der Waals surface area contributed by atoms with Crippen LogP contribution in [-0.2, 0) is 4.79 Å². The first-order chi connectivity index (χ1) is 4.77. The number of carboxylic acids is 1. The van der Waals surface area contributed by atoms with Gasteiger partial charge in [0, 0.05) is 6.08 Å². The lowest BCUT2D eigenvalue weighted by molar-refractivity contribution is -0.131. The third-order valence-corrected chi connectivity index (χ3v) is 1.78. The molecule has 0 rings (SSSR count). The average molecular weight is 160 g/mol. The van der Waals surface area contributed by atoms with Gasteiger partial charge >= 0.3 is 5.97 Å². The molecular formula is C7H12O2S. The van der Waals surface area contributed by atoms with E-state index in [9.17, 15) is 4.79 Å². The van der Waals surface area contributed by atoms with Crippen molar-refractivity contribution in [3.8, 4) is 0 Å². The molecule has 1 N–H and O–H groups in total. The summed E-state index contributed by atoms with van der Waals surface area (Å²) in [5, 5.41) is 9.79. The van der Waals surface area contributed by atoms with Crippen molar-refractivity contribution in [2.24, 2.45) is 0 Å². The summed E-state index contributed by atoms with van der Waals surface area (Å²) in [6, 6.07) is 0. The van der Waals surface area contributed by atoms with Crippen molar-refractivity contribution in [1.29, 1.82) is 0 Å². The van der Waals surface area contributed by atoms with Crippen LogP contribution in [0.15, 0.2) is 11.5 Å². The second-order valence-corrected chi connectivity index (χ2v) is 2.88. The van der Waals surface area contributed by atoms with Crippen LogP contribution in [0.2, 0.25) is 0 Å². The quantitative estimate of drug-likeness (QED) is 0.494. The first-order valence-electron chi connectivity index (χ1n) is 3.28. The number of carbonyl (C=O) groups is 1. The number of thioether (sulfide) groups is 1. The zero-order valence-electron chi connectivity index (χ0n) is 6.04. The molecule has 0 aromatic carbocycles. The van der Waals surface area contributed by atoms with Gasteiger partial charge in [-0.1, -0.05) is 13.3 Å². The smallest absolute Gasteiger partial charge is 0.328 e. The molecule has 58 valence electrons. The van der Waals surface area contributed by atoms with Crippen LogP contribution in [0, 0.1) is 0 Å². The van der Waals surface area contributed by atoms with Gasteiger partial charge in [-0.05, 0) is 17.6 Å². The molecule has 0 aromatic heterocycles. The molecule has 0 aliphatic carbocycles. The third kappa shape index (κ3) is 7.56. The van der Waals surface area contributed by atoms with E-state index in [1.165, 1.54) is 6.08 Å². The van der Waals surface area contributed by atoms with Crippen LogP contribution in [0.4, 0.5) is 0 Å². The predicted octanol–water partition coefficient (Wildman–Crippen LogP) is 2.12. The fourth-order valence-electron chi connectivity index (χ4n) is 0.402. The fraction of sp³-hybridized carbons (Fsp3) is 0.571. The Morgan fingerprint density at radius 1 is 1.70 bits per heavy atom. The Bertz CT molecular complexity index is 121. The van der Waals surface area contributed by atoms with E-state index in [4.69, 9.17) is 5.11 Å². The summed E-state index contributed by atoms with van der Waals surface area (Å²) in [4.78, 5) is 9.93. The van der Waals surface area contributed by atoms with E-state index in [1.807, 2.05) is 0 Å². The Labute approximate surface area is 65.3 Å². The van der Waals surface area contributed by atoms with E-state index in [-0.39, 0.29) is 0 Å². The van der Waals surface area contributed by atoms with Crippen LogP contribution in [0.25, 0.3) is 0 Å². The Kier molecular flexibility index (Phi) is 6.38. The molecule has 0 heterocycles. The maximum Gasteiger partial charge on any atom is 0.328 e. The minimum Gasteiger partial charge on any atom is -0.478 e. The SMILES string of the molecule is CCCCS/C=C/C(=O)O. The molecule has 0 radical (unpaired) electrons. The number of unbranched alkanes of at least 4 members (excludes halogenated alkanes) is 1. The van der Waals surface area contributed by atoms with Gasteiger partial charge in [-0.3, -0.25) is 0 Å². The number of hydrogen-bond acceptors (Lipinski definition) is 2. The first kappa shape index (κ1) is 9.56. The van der Waals surface area contributed by atoms with Gasteiger partial charge in [-0.15, -0.1) is 11.8 Å². The summed E-state index contributed by atoms with van der Waals surface area (Å²) < 4.78 is 0. The number of aliphatic carboxylic acids is 1. The molecule has 0 aromatic rings. The highest BCUT2D eigenvalue weighted by molar-refractivity contribution is 8.02. The number of rotatable bonds is 5. The van der Waals surface area contributed by atoms with Crippen molar-refractivity contribution >= 4 is 17.7 Å². The highest BCUT2D eigenvalue weighted by atomic mass is 32.2. The highest BCUT2D eigenvalue weighted by Gasteiger charge is 1.85. The minimum atomic E-state index is -0.871. The molecule has 0 saturated heterocycles. The van der Waals surface area contributed by atoms with E-state index in [2.05, 4.69) is 6.92 Å². The first-order valence-corrected chi connectivity index (χ1v) is 4.33. The molecule has 0 aliphatic rings. The molecular weight excluding hydrogens is 148 g/mol. The molecule has 0 amide bonds. The van der Waals surface area contributed by atoms with Gasteiger partial charge in [-0.2, -0.15) is 0 Å². The van der Waals surface area contributed by atoms with Crippen molar-refractivity contribution in [3.05, 3.63) is 11.5 Å². The predicted molar refractivity (Wildman–Crippen MR) is 44.1 cm³/mol. The monoisotopic (exact) mass is 160 g/mol. The third-order valence-electron chi connectivity index (χ3n) is 0.923. The second kappa shape index (κ2) is 6.68. The normalized spacial score (nSPS) is 10.5. The van der Waals surface area contributed by atoms with E-state index < -0.39 is 5.97 Å². The number of carboxylic acid groups (broad SMARTS) is 1. The molecule has 0 unspecified atom stereocenters. The van der Waals surface area contributed by atoms with Crippen LogP contribution < -0.4 is 0 Å². The van der Waals surface area contributed by atoms with Gasteiger partial charge in [-0.25, -0.2) is 4.79 Å². The Hall–Kier alpha value is -0.440. The molecule has 0 spiro atoms. The fourth-order valence-corrected chi connectivity index (χ4v) is 1.21. The van der Waals surface area contributed by atoms with E-state index in [0.717, 1.165) is 18.6 Å². The van der Waals surface area contributed by atoms with Crippen LogP contribution in [0.3, 0.4) is 0 Å². The van der Waals surface area contributed by atoms with Crippen molar-refractivity contribution in [2.75, 3.05) is 5.75 Å². The summed E-state index contributed by atoms with van der Waals surface area (Å²) in [6.07, 6.45) is 3.48. The largest absolute Gasteiger partial charge is 0.478 e. The van der Waals surface area contributed by atoms with Gasteiger partial charge in [0.2, 0.25) is 0 Å². The molecule has 0 aliphatic heterocycles. The van der Waals surface area contributed by atoms with Crippen LogP contribution in [0.1, 0.15) is 19.8 Å². The zero-order chi connectivity index (χ0) is 7.82.